The van der Waals surface area contributed by atoms with Crippen LogP contribution >= 0.6 is 23.2 Å². The number of nitrogens with zero attached hydrogens (tertiary/aromatic N) is 3. The van der Waals surface area contributed by atoms with E-state index in [2.05, 4.69) is 5.32 Å². The van der Waals surface area contributed by atoms with Crippen molar-refractivity contribution >= 4 is 46.7 Å². The van der Waals surface area contributed by atoms with Crippen LogP contribution < -0.4 is 5.32 Å². The third-order valence-corrected chi connectivity index (χ3v) is 4.74. The molecule has 4 amide bonds. The number of piperazine rings is 2. The Kier molecular flexibility index (Phi) is 4.56. The first-order chi connectivity index (χ1) is 11.4. The van der Waals surface area contributed by atoms with Crippen molar-refractivity contribution in [1.82, 2.24) is 14.7 Å². The zero-order valence-electron chi connectivity index (χ0n) is 13.0. The van der Waals surface area contributed by atoms with E-state index in [1.165, 1.54) is 15.9 Å². The predicted octanol–water partition coefficient (Wildman–Crippen LogP) is 1.51. The van der Waals surface area contributed by atoms with Crippen LogP contribution in [-0.4, -0.2) is 71.8 Å². The van der Waals surface area contributed by atoms with E-state index in [0.29, 0.717) is 28.8 Å². The monoisotopic (exact) mass is 370 g/mol. The number of rotatable bonds is 1. The third-order valence-electron chi connectivity index (χ3n) is 4.19. The first-order valence-electron chi connectivity index (χ1n) is 7.42. The minimum atomic E-state index is -0.628. The number of likely N-dealkylation sites (N-methyl/N-ethyl adjacent to an activating group) is 1. The summed E-state index contributed by atoms with van der Waals surface area (Å²) in [6.07, 6.45) is 0. The molecule has 0 aromatic heterocycles. The largest absolute Gasteiger partial charge is 0.335 e. The van der Waals surface area contributed by atoms with Gasteiger partial charge in [0.1, 0.15) is 6.04 Å². The third kappa shape index (κ3) is 3.14. The van der Waals surface area contributed by atoms with Gasteiger partial charge < -0.3 is 20.0 Å². The number of hydrogen-bond donors (Lipinski definition) is 1. The summed E-state index contributed by atoms with van der Waals surface area (Å²) in [6.45, 7) is 0.939. The van der Waals surface area contributed by atoms with Gasteiger partial charge in [0.25, 0.3) is 0 Å². The molecule has 1 aromatic rings. The number of anilines is 1. The van der Waals surface area contributed by atoms with E-state index in [0.717, 1.165) is 0 Å². The summed E-state index contributed by atoms with van der Waals surface area (Å²) in [5.41, 5.74) is 0.441. The molecule has 24 heavy (non-hydrogen) atoms. The zero-order chi connectivity index (χ0) is 17.4. The number of urea groups is 1. The lowest BCUT2D eigenvalue weighted by atomic mass is 10.1. The van der Waals surface area contributed by atoms with Crippen molar-refractivity contribution in [3.63, 3.8) is 0 Å². The van der Waals surface area contributed by atoms with Crippen LogP contribution in [0.1, 0.15) is 0 Å². The second kappa shape index (κ2) is 6.49. The average molecular weight is 371 g/mol. The van der Waals surface area contributed by atoms with Crippen molar-refractivity contribution in [2.24, 2.45) is 0 Å². The van der Waals surface area contributed by atoms with Crippen LogP contribution in [0, 0.1) is 0 Å². The molecule has 0 saturated carbocycles. The zero-order valence-corrected chi connectivity index (χ0v) is 14.5. The first kappa shape index (κ1) is 16.9. The van der Waals surface area contributed by atoms with Crippen LogP contribution in [0.3, 0.4) is 0 Å². The fraction of sp³-hybridized carbons (Fsp3) is 0.400. The second-order valence-corrected chi connectivity index (χ2v) is 6.64. The predicted molar refractivity (Wildman–Crippen MR) is 90.2 cm³/mol. The number of nitrogens with one attached hydrogen (secondary N) is 1. The number of fused-ring (bicyclic) bond motifs is 1. The number of amides is 4. The summed E-state index contributed by atoms with van der Waals surface area (Å²) < 4.78 is 0. The van der Waals surface area contributed by atoms with Crippen LogP contribution in [0.15, 0.2) is 18.2 Å². The lowest BCUT2D eigenvalue weighted by Crippen LogP contribution is -2.67. The Hall–Kier alpha value is -1.99. The molecule has 0 spiro atoms. The topological polar surface area (TPSA) is 73.0 Å². The number of benzene rings is 1. The van der Waals surface area contributed by atoms with Crippen LogP contribution in [0.2, 0.25) is 10.0 Å². The molecule has 2 fully saturated rings. The van der Waals surface area contributed by atoms with E-state index in [4.69, 9.17) is 23.2 Å². The normalized spacial score (nSPS) is 21.0. The van der Waals surface area contributed by atoms with Gasteiger partial charge in [-0.2, -0.15) is 0 Å². The smallest absolute Gasteiger partial charge is 0.322 e. The van der Waals surface area contributed by atoms with E-state index in [1.807, 2.05) is 0 Å². The fourth-order valence-electron chi connectivity index (χ4n) is 2.89. The van der Waals surface area contributed by atoms with Gasteiger partial charge in [-0.05, 0) is 18.2 Å². The summed E-state index contributed by atoms with van der Waals surface area (Å²) in [4.78, 5) is 41.2. The molecule has 2 aliphatic rings. The number of carbonyl (C=O) groups excluding carboxylic acids is 3. The summed E-state index contributed by atoms with van der Waals surface area (Å²) in [6, 6.07) is 3.78. The van der Waals surface area contributed by atoms with Crippen molar-refractivity contribution in [2.75, 3.05) is 38.5 Å². The molecule has 0 aliphatic carbocycles. The molecule has 1 N–H and O–H groups in total. The lowest BCUT2D eigenvalue weighted by Gasteiger charge is -2.45. The Bertz CT molecular complexity index is 712. The SMILES string of the molecule is CN1CC(=O)N2CCN(C(=O)Nc3ccc(Cl)cc3Cl)C[C@@H]2C1=O. The van der Waals surface area contributed by atoms with Crippen LogP contribution in [0.4, 0.5) is 10.5 Å². The molecule has 0 bridgehead atoms. The van der Waals surface area contributed by atoms with Gasteiger partial charge in [0.15, 0.2) is 0 Å². The van der Waals surface area contributed by atoms with E-state index in [1.54, 1.807) is 24.1 Å². The minimum absolute atomic E-state index is 0.0852. The molecule has 2 heterocycles. The second-order valence-electron chi connectivity index (χ2n) is 5.80. The fourth-order valence-corrected chi connectivity index (χ4v) is 3.34. The maximum atomic E-state index is 12.4. The summed E-state index contributed by atoms with van der Waals surface area (Å²) in [5, 5.41) is 3.51. The molecular weight excluding hydrogens is 355 g/mol. The highest BCUT2D eigenvalue weighted by molar-refractivity contribution is 6.36. The minimum Gasteiger partial charge on any atom is -0.335 e. The number of hydrogen-bond acceptors (Lipinski definition) is 3. The van der Waals surface area contributed by atoms with Crippen LogP contribution in [-0.2, 0) is 9.59 Å². The van der Waals surface area contributed by atoms with Gasteiger partial charge >= 0.3 is 6.03 Å². The summed E-state index contributed by atoms with van der Waals surface area (Å²) >= 11 is 11.9. The molecule has 3 rings (SSSR count). The molecule has 128 valence electrons. The van der Waals surface area contributed by atoms with Gasteiger partial charge in [0, 0.05) is 25.2 Å². The van der Waals surface area contributed by atoms with Crippen molar-refractivity contribution in [3.8, 4) is 0 Å². The standard InChI is InChI=1S/C15H16Cl2N4O3/c1-19-8-13(22)21-5-4-20(7-12(21)14(19)23)15(24)18-11-3-2-9(16)6-10(11)17/h2-3,6,12H,4-5,7-8H2,1H3,(H,18,24)/t12-/m1/s1. The van der Waals surface area contributed by atoms with Gasteiger partial charge in [-0.3, -0.25) is 9.59 Å². The van der Waals surface area contributed by atoms with Crippen molar-refractivity contribution in [3.05, 3.63) is 28.2 Å². The Morgan fingerprint density at radius 3 is 2.71 bits per heavy atom. The summed E-state index contributed by atoms with van der Waals surface area (Å²) in [5.74, 6) is -0.250. The summed E-state index contributed by atoms with van der Waals surface area (Å²) in [7, 11) is 1.59. The molecule has 7 nitrogen and oxygen atoms in total. The molecule has 2 aliphatic heterocycles. The Labute approximate surface area is 149 Å². The van der Waals surface area contributed by atoms with Crippen molar-refractivity contribution in [1.29, 1.82) is 0 Å². The Balaban J connectivity index is 1.70. The Morgan fingerprint density at radius 2 is 2.00 bits per heavy atom. The molecule has 1 aromatic carbocycles. The van der Waals surface area contributed by atoms with Gasteiger partial charge in [0.05, 0.1) is 23.8 Å². The molecule has 9 heteroatoms. The lowest BCUT2D eigenvalue weighted by molar-refractivity contribution is -0.157. The molecule has 0 radical (unpaired) electrons. The highest BCUT2D eigenvalue weighted by atomic mass is 35.5. The van der Waals surface area contributed by atoms with E-state index in [-0.39, 0.29) is 30.9 Å². The van der Waals surface area contributed by atoms with Gasteiger partial charge in [-0.25, -0.2) is 4.79 Å². The highest BCUT2D eigenvalue weighted by Gasteiger charge is 2.42. The molecule has 0 unspecified atom stereocenters. The van der Waals surface area contributed by atoms with Gasteiger partial charge in [0.2, 0.25) is 11.8 Å². The Morgan fingerprint density at radius 1 is 1.25 bits per heavy atom. The molecular formula is C15H16Cl2N4O3. The van der Waals surface area contributed by atoms with E-state index in [9.17, 15) is 14.4 Å². The van der Waals surface area contributed by atoms with Crippen molar-refractivity contribution < 1.29 is 14.4 Å². The highest BCUT2D eigenvalue weighted by Crippen LogP contribution is 2.26. The quantitative estimate of drug-likeness (QED) is 0.814. The van der Waals surface area contributed by atoms with Crippen molar-refractivity contribution in [2.45, 2.75) is 6.04 Å². The maximum absolute atomic E-state index is 12.4. The maximum Gasteiger partial charge on any atom is 0.322 e. The number of carbonyl (C=O) groups is 3. The molecule has 1 atom stereocenters. The van der Waals surface area contributed by atoms with Gasteiger partial charge in [-0.15, -0.1) is 0 Å². The molecule has 2 saturated heterocycles. The van der Waals surface area contributed by atoms with Crippen LogP contribution in [0.25, 0.3) is 0 Å². The first-order valence-corrected chi connectivity index (χ1v) is 8.18. The number of halogens is 2. The average Bonchev–Trinajstić information content (AvgIpc) is 2.54. The van der Waals surface area contributed by atoms with Crippen LogP contribution in [0.5, 0.6) is 0 Å². The van der Waals surface area contributed by atoms with Gasteiger partial charge in [-0.1, -0.05) is 23.2 Å². The van der Waals surface area contributed by atoms with E-state index < -0.39 is 6.04 Å². The van der Waals surface area contributed by atoms with E-state index >= 15 is 0 Å².